The molecule has 0 atom stereocenters. The summed E-state index contributed by atoms with van der Waals surface area (Å²) in [5.41, 5.74) is 2.27. The van der Waals surface area contributed by atoms with Gasteiger partial charge in [-0.3, -0.25) is 4.79 Å². The number of nitrogens with one attached hydrogen (secondary N) is 1. The van der Waals surface area contributed by atoms with Crippen LogP contribution in [0.2, 0.25) is 5.02 Å². The van der Waals surface area contributed by atoms with Gasteiger partial charge in [0, 0.05) is 23.3 Å². The third-order valence-electron chi connectivity index (χ3n) is 5.63. The van der Waals surface area contributed by atoms with Crippen LogP contribution in [0.1, 0.15) is 22.6 Å². The number of sulfonamides is 1. The van der Waals surface area contributed by atoms with Crippen molar-refractivity contribution < 1.29 is 17.6 Å². The highest BCUT2D eigenvalue weighted by molar-refractivity contribution is 7.89. The predicted octanol–water partition coefficient (Wildman–Crippen LogP) is 6.18. The molecule has 192 valence electrons. The van der Waals surface area contributed by atoms with Gasteiger partial charge in [-0.15, -0.1) is 0 Å². The highest BCUT2D eigenvalue weighted by Gasteiger charge is 2.26. The number of amides is 1. The molecule has 7 nitrogen and oxygen atoms in total. The fraction of sp³-hybridized carbons (Fsp3) is 0.103. The summed E-state index contributed by atoms with van der Waals surface area (Å²) in [7, 11) is -3.91. The molecular formula is C29H24ClN3O4S. The summed E-state index contributed by atoms with van der Waals surface area (Å²) in [4.78, 5) is 12.6. The lowest BCUT2D eigenvalue weighted by Gasteiger charge is -2.21. The van der Waals surface area contributed by atoms with Crippen LogP contribution in [0.15, 0.2) is 106 Å². The first-order chi connectivity index (χ1) is 18.2. The zero-order chi connectivity index (χ0) is 27.1. The van der Waals surface area contributed by atoms with Gasteiger partial charge >= 0.3 is 0 Å². The molecule has 0 aliphatic carbocycles. The van der Waals surface area contributed by atoms with Gasteiger partial charge in [-0.25, -0.2) is 8.42 Å². The van der Waals surface area contributed by atoms with E-state index in [-0.39, 0.29) is 29.3 Å². The van der Waals surface area contributed by atoms with Gasteiger partial charge in [0.25, 0.3) is 5.91 Å². The lowest BCUT2D eigenvalue weighted by atomic mass is 10.1. The normalized spacial score (nSPS) is 11.8. The first kappa shape index (κ1) is 26.9. The maximum absolute atomic E-state index is 13.5. The van der Waals surface area contributed by atoms with Crippen LogP contribution in [-0.2, 0) is 27.9 Å². The van der Waals surface area contributed by atoms with Gasteiger partial charge in [-0.2, -0.15) is 9.57 Å². The second kappa shape index (κ2) is 11.9. The van der Waals surface area contributed by atoms with Gasteiger partial charge in [-0.1, -0.05) is 59.6 Å². The van der Waals surface area contributed by atoms with Crippen LogP contribution in [0.3, 0.4) is 0 Å². The lowest BCUT2D eigenvalue weighted by molar-refractivity contribution is -0.112. The second-order valence-corrected chi connectivity index (χ2v) is 10.9. The van der Waals surface area contributed by atoms with Gasteiger partial charge in [-0.05, 0) is 61.0 Å². The number of furan rings is 1. The fourth-order valence-corrected chi connectivity index (χ4v) is 5.14. The number of aryl methyl sites for hydroxylation is 1. The third kappa shape index (κ3) is 6.78. The fourth-order valence-electron chi connectivity index (χ4n) is 3.62. The number of hydrogen-bond acceptors (Lipinski definition) is 5. The van der Waals surface area contributed by atoms with Gasteiger partial charge in [0.05, 0.1) is 11.4 Å². The van der Waals surface area contributed by atoms with E-state index in [2.05, 4.69) is 5.32 Å². The Morgan fingerprint density at radius 1 is 0.974 bits per heavy atom. The van der Waals surface area contributed by atoms with Crippen molar-refractivity contribution >= 4 is 39.3 Å². The number of nitriles is 1. The average molecular weight is 546 g/mol. The number of halogens is 1. The molecule has 9 heteroatoms. The molecule has 0 radical (unpaired) electrons. The minimum Gasteiger partial charge on any atom is -0.460 e. The average Bonchev–Trinajstić information content (AvgIpc) is 3.36. The van der Waals surface area contributed by atoms with E-state index in [0.717, 1.165) is 11.1 Å². The largest absolute Gasteiger partial charge is 0.460 e. The van der Waals surface area contributed by atoms with Crippen LogP contribution in [0.4, 0.5) is 5.69 Å². The SMILES string of the molecule is Cc1ccc(CN(Cc2ccc(/C=C(/C#N)C(=O)Nc3ccccc3)o2)S(=O)(=O)c2ccc(Cl)cc2)cc1. The molecule has 0 saturated heterocycles. The van der Waals surface area contributed by atoms with Crippen LogP contribution in [0.25, 0.3) is 6.08 Å². The van der Waals surface area contributed by atoms with Gasteiger partial charge in [0.2, 0.25) is 10.0 Å². The number of rotatable bonds is 9. The van der Waals surface area contributed by atoms with E-state index in [0.29, 0.717) is 16.5 Å². The molecule has 0 saturated carbocycles. The number of hydrogen-bond donors (Lipinski definition) is 1. The van der Waals surface area contributed by atoms with E-state index in [1.165, 1.54) is 34.6 Å². The number of para-hydroxylation sites is 1. The zero-order valence-corrected chi connectivity index (χ0v) is 22.0. The summed E-state index contributed by atoms with van der Waals surface area (Å²) in [6.07, 6.45) is 1.32. The maximum atomic E-state index is 13.5. The molecular weight excluding hydrogens is 522 g/mol. The highest BCUT2D eigenvalue weighted by atomic mass is 35.5. The van der Waals surface area contributed by atoms with Gasteiger partial charge in [0.15, 0.2) is 0 Å². The van der Waals surface area contributed by atoms with Gasteiger partial charge in [0.1, 0.15) is 23.2 Å². The molecule has 1 aromatic heterocycles. The summed E-state index contributed by atoms with van der Waals surface area (Å²) in [6.45, 7) is 2.00. The number of benzene rings is 3. The predicted molar refractivity (Wildman–Crippen MR) is 146 cm³/mol. The Labute approximate surface area is 226 Å². The van der Waals surface area contributed by atoms with Gasteiger partial charge < -0.3 is 9.73 Å². The maximum Gasteiger partial charge on any atom is 0.266 e. The van der Waals surface area contributed by atoms with Crippen molar-refractivity contribution in [1.29, 1.82) is 5.26 Å². The highest BCUT2D eigenvalue weighted by Crippen LogP contribution is 2.24. The molecule has 1 heterocycles. The molecule has 38 heavy (non-hydrogen) atoms. The molecule has 0 fully saturated rings. The Morgan fingerprint density at radius 2 is 1.66 bits per heavy atom. The summed E-state index contributed by atoms with van der Waals surface area (Å²) < 4.78 is 34.2. The van der Waals surface area contributed by atoms with Crippen molar-refractivity contribution in [3.63, 3.8) is 0 Å². The van der Waals surface area contributed by atoms with Crippen LogP contribution in [0.5, 0.6) is 0 Å². The lowest BCUT2D eigenvalue weighted by Crippen LogP contribution is -2.30. The Hall–Kier alpha value is -4.16. The molecule has 0 aliphatic rings. The molecule has 4 rings (SSSR count). The van der Waals surface area contributed by atoms with E-state index < -0.39 is 15.9 Å². The Bertz CT molecular complexity index is 1590. The van der Waals surface area contributed by atoms with Crippen LogP contribution in [-0.4, -0.2) is 18.6 Å². The smallest absolute Gasteiger partial charge is 0.266 e. The molecule has 0 aliphatic heterocycles. The Kier molecular flexibility index (Phi) is 8.44. The first-order valence-electron chi connectivity index (χ1n) is 11.6. The summed E-state index contributed by atoms with van der Waals surface area (Å²) in [5.74, 6) is 0.0172. The van der Waals surface area contributed by atoms with Crippen molar-refractivity contribution in [1.82, 2.24) is 4.31 Å². The monoisotopic (exact) mass is 545 g/mol. The van der Waals surface area contributed by atoms with Crippen molar-refractivity contribution in [3.8, 4) is 6.07 Å². The molecule has 0 bridgehead atoms. The summed E-state index contributed by atoms with van der Waals surface area (Å²) in [5, 5.41) is 12.6. The van der Waals surface area contributed by atoms with Crippen molar-refractivity contribution in [3.05, 3.63) is 124 Å². The molecule has 1 amide bonds. The van der Waals surface area contributed by atoms with E-state index >= 15 is 0 Å². The molecule has 0 unspecified atom stereocenters. The number of carbonyl (C=O) groups is 1. The molecule has 0 spiro atoms. The summed E-state index contributed by atoms with van der Waals surface area (Å²) >= 11 is 5.96. The third-order valence-corrected chi connectivity index (χ3v) is 7.69. The van der Waals surface area contributed by atoms with Crippen LogP contribution < -0.4 is 5.32 Å². The quantitative estimate of drug-likeness (QED) is 0.200. The zero-order valence-electron chi connectivity index (χ0n) is 20.5. The molecule has 3 aromatic carbocycles. The minimum absolute atomic E-state index is 0.0647. The summed E-state index contributed by atoms with van der Waals surface area (Å²) in [6, 6.07) is 27.4. The van der Waals surface area contributed by atoms with Crippen LogP contribution in [0, 0.1) is 18.3 Å². The van der Waals surface area contributed by atoms with Crippen molar-refractivity contribution in [2.75, 3.05) is 5.32 Å². The second-order valence-electron chi connectivity index (χ2n) is 8.51. The van der Waals surface area contributed by atoms with E-state index in [9.17, 15) is 18.5 Å². The molecule has 4 aromatic rings. The topological polar surface area (TPSA) is 103 Å². The van der Waals surface area contributed by atoms with Crippen LogP contribution >= 0.6 is 11.6 Å². The van der Waals surface area contributed by atoms with Crippen molar-refractivity contribution in [2.45, 2.75) is 24.9 Å². The number of anilines is 1. The minimum atomic E-state index is -3.91. The first-order valence-corrected chi connectivity index (χ1v) is 13.4. The number of carbonyl (C=O) groups excluding carboxylic acids is 1. The van der Waals surface area contributed by atoms with E-state index in [1.54, 1.807) is 36.4 Å². The Morgan fingerprint density at radius 3 is 2.32 bits per heavy atom. The Balaban J connectivity index is 1.58. The standard InChI is InChI=1S/C29H24ClN3O4S/c1-21-7-9-22(10-8-21)19-33(38(35,36)28-15-11-24(30)12-16-28)20-27-14-13-26(37-27)17-23(18-31)29(34)32-25-5-3-2-4-6-25/h2-17H,19-20H2,1H3,(H,32,34)/b23-17-. The molecule has 1 N–H and O–H groups in total. The van der Waals surface area contributed by atoms with E-state index in [1.807, 2.05) is 43.3 Å². The van der Waals surface area contributed by atoms with E-state index in [4.69, 9.17) is 16.0 Å². The van der Waals surface area contributed by atoms with Crippen molar-refractivity contribution in [2.24, 2.45) is 0 Å². The number of nitrogens with zero attached hydrogens (tertiary/aromatic N) is 2.